The van der Waals surface area contributed by atoms with Crippen LogP contribution in [0.4, 0.5) is 0 Å². The first-order valence-corrected chi connectivity index (χ1v) is 6.45. The van der Waals surface area contributed by atoms with E-state index in [4.69, 9.17) is 11.6 Å². The average molecular weight is 251 g/mol. The van der Waals surface area contributed by atoms with Crippen molar-refractivity contribution in [1.82, 2.24) is 10.2 Å². The second kappa shape index (κ2) is 6.20. The lowest BCUT2D eigenvalue weighted by Gasteiger charge is -2.33. The minimum absolute atomic E-state index is 0.516. The van der Waals surface area contributed by atoms with E-state index >= 15 is 0 Å². The Labute approximate surface area is 108 Å². The zero-order valence-corrected chi connectivity index (χ0v) is 10.8. The molecular formula is C14H19ClN2. The molecule has 1 aliphatic heterocycles. The highest BCUT2D eigenvalue weighted by molar-refractivity contribution is 6.29. The molecule has 1 atom stereocenters. The van der Waals surface area contributed by atoms with E-state index in [0.717, 1.165) is 37.6 Å². The van der Waals surface area contributed by atoms with Crippen LogP contribution < -0.4 is 5.32 Å². The monoisotopic (exact) mass is 250 g/mol. The Hall–Kier alpha value is -0.830. The molecule has 0 bridgehead atoms. The lowest BCUT2D eigenvalue weighted by atomic mass is 10.0. The van der Waals surface area contributed by atoms with Crippen molar-refractivity contribution in [3.63, 3.8) is 0 Å². The van der Waals surface area contributed by atoms with E-state index in [2.05, 4.69) is 47.1 Å². The summed E-state index contributed by atoms with van der Waals surface area (Å²) in [5, 5.41) is 4.28. The van der Waals surface area contributed by atoms with Gasteiger partial charge in [0.25, 0.3) is 0 Å². The summed E-state index contributed by atoms with van der Waals surface area (Å²) in [6.45, 7) is 7.69. The van der Waals surface area contributed by atoms with Crippen LogP contribution in [0, 0.1) is 0 Å². The summed E-state index contributed by atoms with van der Waals surface area (Å²) in [7, 11) is 0. The second-order valence-electron chi connectivity index (χ2n) is 4.59. The maximum absolute atomic E-state index is 5.86. The topological polar surface area (TPSA) is 15.3 Å². The Kier molecular flexibility index (Phi) is 4.60. The Morgan fingerprint density at radius 1 is 1.41 bits per heavy atom. The zero-order chi connectivity index (χ0) is 12.1. The van der Waals surface area contributed by atoms with Crippen LogP contribution in [-0.4, -0.2) is 37.1 Å². The molecule has 1 saturated heterocycles. The molecule has 1 fully saturated rings. The van der Waals surface area contributed by atoms with Gasteiger partial charge in [-0.25, -0.2) is 0 Å². The molecule has 1 heterocycles. The summed E-state index contributed by atoms with van der Waals surface area (Å²) in [5.74, 6) is 0. The summed E-state index contributed by atoms with van der Waals surface area (Å²) >= 11 is 5.86. The van der Waals surface area contributed by atoms with Crippen LogP contribution in [0.1, 0.15) is 5.56 Å². The van der Waals surface area contributed by atoms with Crippen LogP contribution in [0.15, 0.2) is 41.9 Å². The second-order valence-corrected chi connectivity index (χ2v) is 5.13. The Morgan fingerprint density at radius 2 is 2.18 bits per heavy atom. The zero-order valence-electron chi connectivity index (χ0n) is 10.0. The molecule has 1 aromatic carbocycles. The van der Waals surface area contributed by atoms with E-state index in [9.17, 15) is 0 Å². The molecule has 0 aliphatic carbocycles. The number of rotatable bonds is 4. The SMILES string of the molecule is C=C(Cl)CN1CCNC(Cc2ccccc2)C1. The standard InChI is InChI=1S/C14H19ClN2/c1-12(15)10-17-8-7-16-14(11-17)9-13-5-3-2-4-6-13/h2-6,14,16H,1,7-11H2. The van der Waals surface area contributed by atoms with Crippen LogP contribution >= 0.6 is 11.6 Å². The Morgan fingerprint density at radius 3 is 2.88 bits per heavy atom. The summed E-state index contributed by atoms with van der Waals surface area (Å²) in [5.41, 5.74) is 1.39. The van der Waals surface area contributed by atoms with Crippen LogP contribution in [-0.2, 0) is 6.42 Å². The lowest BCUT2D eigenvalue weighted by molar-refractivity contribution is 0.216. The number of halogens is 1. The molecule has 1 aromatic rings. The third kappa shape index (κ3) is 4.15. The summed E-state index contributed by atoms with van der Waals surface area (Å²) in [6, 6.07) is 11.1. The number of benzene rings is 1. The van der Waals surface area contributed by atoms with Gasteiger partial charge in [-0.1, -0.05) is 48.5 Å². The third-order valence-corrected chi connectivity index (χ3v) is 3.18. The number of nitrogens with one attached hydrogen (secondary N) is 1. The molecule has 0 amide bonds. The minimum atomic E-state index is 0.516. The fraction of sp³-hybridized carbons (Fsp3) is 0.429. The first kappa shape index (κ1) is 12.6. The average Bonchev–Trinajstić information content (AvgIpc) is 2.30. The quantitative estimate of drug-likeness (QED) is 0.882. The molecule has 92 valence electrons. The minimum Gasteiger partial charge on any atom is -0.311 e. The van der Waals surface area contributed by atoms with E-state index in [0.29, 0.717) is 6.04 Å². The number of piperazine rings is 1. The smallest absolute Gasteiger partial charge is 0.0336 e. The van der Waals surface area contributed by atoms with Gasteiger partial charge in [-0.05, 0) is 12.0 Å². The highest BCUT2D eigenvalue weighted by atomic mass is 35.5. The first-order valence-electron chi connectivity index (χ1n) is 6.07. The van der Waals surface area contributed by atoms with Gasteiger partial charge in [0.15, 0.2) is 0 Å². The first-order chi connectivity index (χ1) is 8.24. The van der Waals surface area contributed by atoms with Gasteiger partial charge in [0, 0.05) is 37.3 Å². The molecule has 0 saturated carbocycles. The van der Waals surface area contributed by atoms with Crippen molar-refractivity contribution in [2.24, 2.45) is 0 Å². The fourth-order valence-electron chi connectivity index (χ4n) is 2.32. The Bertz CT molecular complexity index is 364. The van der Waals surface area contributed by atoms with Gasteiger partial charge in [0.2, 0.25) is 0 Å². The maximum Gasteiger partial charge on any atom is 0.0336 e. The van der Waals surface area contributed by atoms with E-state index in [1.807, 2.05) is 0 Å². The van der Waals surface area contributed by atoms with Crippen LogP contribution in [0.2, 0.25) is 0 Å². The van der Waals surface area contributed by atoms with Gasteiger partial charge in [0.1, 0.15) is 0 Å². The Balaban J connectivity index is 1.87. The van der Waals surface area contributed by atoms with Crippen molar-refractivity contribution in [2.45, 2.75) is 12.5 Å². The van der Waals surface area contributed by atoms with Gasteiger partial charge in [-0.2, -0.15) is 0 Å². The van der Waals surface area contributed by atoms with E-state index < -0.39 is 0 Å². The maximum atomic E-state index is 5.86. The molecule has 17 heavy (non-hydrogen) atoms. The normalized spacial score (nSPS) is 21.4. The molecule has 0 aromatic heterocycles. The molecular weight excluding hydrogens is 232 g/mol. The molecule has 1 unspecified atom stereocenters. The van der Waals surface area contributed by atoms with Crippen molar-refractivity contribution >= 4 is 11.6 Å². The van der Waals surface area contributed by atoms with Crippen molar-refractivity contribution in [3.05, 3.63) is 47.5 Å². The highest BCUT2D eigenvalue weighted by Gasteiger charge is 2.19. The van der Waals surface area contributed by atoms with E-state index in [-0.39, 0.29) is 0 Å². The van der Waals surface area contributed by atoms with Crippen molar-refractivity contribution in [2.75, 3.05) is 26.2 Å². The highest BCUT2D eigenvalue weighted by Crippen LogP contribution is 2.09. The third-order valence-electron chi connectivity index (χ3n) is 3.06. The van der Waals surface area contributed by atoms with Crippen LogP contribution in [0.25, 0.3) is 0 Å². The van der Waals surface area contributed by atoms with Gasteiger partial charge >= 0.3 is 0 Å². The lowest BCUT2D eigenvalue weighted by Crippen LogP contribution is -2.51. The molecule has 0 spiro atoms. The van der Waals surface area contributed by atoms with E-state index in [1.165, 1.54) is 5.56 Å². The summed E-state index contributed by atoms with van der Waals surface area (Å²) < 4.78 is 0. The van der Waals surface area contributed by atoms with Gasteiger partial charge in [0.05, 0.1) is 0 Å². The molecule has 2 nitrogen and oxygen atoms in total. The van der Waals surface area contributed by atoms with Crippen molar-refractivity contribution < 1.29 is 0 Å². The molecule has 0 radical (unpaired) electrons. The molecule has 1 N–H and O–H groups in total. The predicted molar refractivity (Wildman–Crippen MR) is 73.4 cm³/mol. The molecule has 3 heteroatoms. The number of hydrogen-bond acceptors (Lipinski definition) is 2. The summed E-state index contributed by atoms with van der Waals surface area (Å²) in [6.07, 6.45) is 1.08. The van der Waals surface area contributed by atoms with Gasteiger partial charge in [-0.15, -0.1) is 0 Å². The summed E-state index contributed by atoms with van der Waals surface area (Å²) in [4.78, 5) is 2.36. The van der Waals surface area contributed by atoms with Gasteiger partial charge in [-0.3, -0.25) is 4.90 Å². The largest absolute Gasteiger partial charge is 0.311 e. The van der Waals surface area contributed by atoms with Crippen molar-refractivity contribution in [1.29, 1.82) is 0 Å². The van der Waals surface area contributed by atoms with Crippen LogP contribution in [0.3, 0.4) is 0 Å². The molecule has 1 aliphatic rings. The van der Waals surface area contributed by atoms with Crippen molar-refractivity contribution in [3.8, 4) is 0 Å². The van der Waals surface area contributed by atoms with E-state index in [1.54, 1.807) is 0 Å². The number of hydrogen-bond donors (Lipinski definition) is 1. The fourth-order valence-corrected chi connectivity index (χ4v) is 2.48. The van der Waals surface area contributed by atoms with Crippen LogP contribution in [0.5, 0.6) is 0 Å². The molecule has 2 rings (SSSR count). The number of nitrogens with zero attached hydrogens (tertiary/aromatic N) is 1. The predicted octanol–water partition coefficient (Wildman–Crippen LogP) is 2.26. The van der Waals surface area contributed by atoms with Gasteiger partial charge < -0.3 is 5.32 Å².